The lowest BCUT2D eigenvalue weighted by atomic mass is 9.94. The van der Waals surface area contributed by atoms with Crippen LogP contribution in [0.15, 0.2) is 91.8 Å². The largest absolute Gasteiger partial charge is 0.356 e. The Labute approximate surface area is 141 Å². The highest BCUT2D eigenvalue weighted by Gasteiger charge is 2.21. The van der Waals surface area contributed by atoms with Gasteiger partial charge in [-0.25, -0.2) is 4.98 Å². The van der Waals surface area contributed by atoms with Gasteiger partial charge in [0, 0.05) is 43.0 Å². The summed E-state index contributed by atoms with van der Waals surface area (Å²) in [6.07, 6.45) is 10.2. The standard InChI is InChI=1S/C21H19N3/c1-23-14-19(17-8-4-2-5-9-17)20(15-23)21(24-13-12-22-16-24)18-10-6-3-7-11-18/h2-16,21H,1H3/t21-/m0/s1. The molecule has 0 aliphatic rings. The van der Waals surface area contributed by atoms with Crippen molar-refractivity contribution in [2.45, 2.75) is 6.04 Å². The maximum absolute atomic E-state index is 4.26. The number of aryl methyl sites for hydroxylation is 1. The predicted molar refractivity (Wildman–Crippen MR) is 96.8 cm³/mol. The van der Waals surface area contributed by atoms with Gasteiger partial charge in [0.1, 0.15) is 0 Å². The molecular formula is C21H19N3. The molecule has 0 spiro atoms. The lowest BCUT2D eigenvalue weighted by Crippen LogP contribution is -2.10. The zero-order valence-corrected chi connectivity index (χ0v) is 13.6. The highest BCUT2D eigenvalue weighted by molar-refractivity contribution is 5.68. The first kappa shape index (κ1) is 14.5. The van der Waals surface area contributed by atoms with Crippen LogP contribution in [0.1, 0.15) is 17.2 Å². The van der Waals surface area contributed by atoms with Crippen LogP contribution in [-0.4, -0.2) is 14.1 Å². The molecule has 3 nitrogen and oxygen atoms in total. The number of benzene rings is 2. The van der Waals surface area contributed by atoms with Crippen LogP contribution in [0.4, 0.5) is 0 Å². The van der Waals surface area contributed by atoms with Gasteiger partial charge in [0.25, 0.3) is 0 Å². The van der Waals surface area contributed by atoms with Crippen LogP contribution in [0.2, 0.25) is 0 Å². The molecule has 0 aliphatic heterocycles. The van der Waals surface area contributed by atoms with E-state index in [1.54, 1.807) is 0 Å². The second kappa shape index (κ2) is 6.20. The van der Waals surface area contributed by atoms with Crippen LogP contribution in [0.5, 0.6) is 0 Å². The van der Waals surface area contributed by atoms with Gasteiger partial charge < -0.3 is 9.13 Å². The van der Waals surface area contributed by atoms with Crippen molar-refractivity contribution in [3.63, 3.8) is 0 Å². The fourth-order valence-electron chi connectivity index (χ4n) is 3.25. The van der Waals surface area contributed by atoms with Crippen LogP contribution in [0.25, 0.3) is 11.1 Å². The molecule has 4 rings (SSSR count). The van der Waals surface area contributed by atoms with Crippen molar-refractivity contribution in [1.82, 2.24) is 14.1 Å². The van der Waals surface area contributed by atoms with E-state index in [4.69, 9.17) is 0 Å². The first-order chi connectivity index (χ1) is 11.8. The van der Waals surface area contributed by atoms with Gasteiger partial charge in [-0.3, -0.25) is 0 Å². The second-order valence-electron chi connectivity index (χ2n) is 5.98. The van der Waals surface area contributed by atoms with E-state index in [-0.39, 0.29) is 6.04 Å². The van der Waals surface area contributed by atoms with Gasteiger partial charge in [0.15, 0.2) is 0 Å². The summed E-state index contributed by atoms with van der Waals surface area (Å²) in [4.78, 5) is 4.26. The summed E-state index contributed by atoms with van der Waals surface area (Å²) in [6, 6.07) is 21.2. The molecular weight excluding hydrogens is 294 g/mol. The zero-order valence-electron chi connectivity index (χ0n) is 13.6. The summed E-state index contributed by atoms with van der Waals surface area (Å²) in [5, 5.41) is 0. The third-order valence-corrected chi connectivity index (χ3v) is 4.30. The Kier molecular flexibility index (Phi) is 3.75. The molecule has 2 aromatic carbocycles. The van der Waals surface area contributed by atoms with Crippen LogP contribution in [0.3, 0.4) is 0 Å². The average molecular weight is 313 g/mol. The molecule has 3 heteroatoms. The lowest BCUT2D eigenvalue weighted by Gasteiger charge is -2.20. The first-order valence-electron chi connectivity index (χ1n) is 8.06. The van der Waals surface area contributed by atoms with E-state index < -0.39 is 0 Å². The second-order valence-corrected chi connectivity index (χ2v) is 5.98. The van der Waals surface area contributed by atoms with Crippen LogP contribution in [-0.2, 0) is 7.05 Å². The topological polar surface area (TPSA) is 22.8 Å². The summed E-state index contributed by atoms with van der Waals surface area (Å²) in [6.45, 7) is 0. The first-order valence-corrected chi connectivity index (χ1v) is 8.06. The molecule has 0 N–H and O–H groups in total. The van der Waals surface area contributed by atoms with E-state index >= 15 is 0 Å². The monoisotopic (exact) mass is 313 g/mol. The van der Waals surface area contributed by atoms with Gasteiger partial charge in [-0.1, -0.05) is 60.7 Å². The molecule has 4 aromatic rings. The number of hydrogen-bond acceptors (Lipinski definition) is 1. The van der Waals surface area contributed by atoms with E-state index in [1.807, 2.05) is 18.7 Å². The van der Waals surface area contributed by atoms with Crippen molar-refractivity contribution in [1.29, 1.82) is 0 Å². The molecule has 0 amide bonds. The Balaban J connectivity index is 1.92. The van der Waals surface area contributed by atoms with Crippen molar-refractivity contribution >= 4 is 0 Å². The molecule has 24 heavy (non-hydrogen) atoms. The molecule has 0 saturated carbocycles. The van der Waals surface area contributed by atoms with E-state index in [0.717, 1.165) is 0 Å². The smallest absolute Gasteiger partial charge is 0.0954 e. The number of hydrogen-bond donors (Lipinski definition) is 0. The molecule has 118 valence electrons. The van der Waals surface area contributed by atoms with Gasteiger partial charge in [-0.15, -0.1) is 0 Å². The molecule has 0 bridgehead atoms. The summed E-state index contributed by atoms with van der Waals surface area (Å²) in [7, 11) is 2.08. The summed E-state index contributed by atoms with van der Waals surface area (Å²) in [5.41, 5.74) is 5.00. The van der Waals surface area contributed by atoms with Crippen molar-refractivity contribution in [3.05, 3.63) is 103 Å². The molecule has 0 radical (unpaired) electrons. The van der Waals surface area contributed by atoms with Gasteiger partial charge >= 0.3 is 0 Å². The minimum absolute atomic E-state index is 0.102. The highest BCUT2D eigenvalue weighted by atomic mass is 15.1. The van der Waals surface area contributed by atoms with Crippen molar-refractivity contribution in [2.75, 3.05) is 0 Å². The van der Waals surface area contributed by atoms with Gasteiger partial charge in [0.2, 0.25) is 0 Å². The zero-order chi connectivity index (χ0) is 16.4. The molecule has 2 heterocycles. The Hall–Kier alpha value is -3.07. The van der Waals surface area contributed by atoms with Crippen LogP contribution in [0, 0.1) is 0 Å². The van der Waals surface area contributed by atoms with Crippen molar-refractivity contribution in [3.8, 4) is 11.1 Å². The molecule has 1 atom stereocenters. The van der Waals surface area contributed by atoms with Crippen molar-refractivity contribution < 1.29 is 0 Å². The molecule has 0 saturated heterocycles. The average Bonchev–Trinajstić information content (AvgIpc) is 3.27. The number of rotatable bonds is 4. The summed E-state index contributed by atoms with van der Waals surface area (Å²) >= 11 is 0. The summed E-state index contributed by atoms with van der Waals surface area (Å²) < 4.78 is 4.29. The molecule has 0 unspecified atom stereocenters. The minimum atomic E-state index is 0.102. The summed E-state index contributed by atoms with van der Waals surface area (Å²) in [5.74, 6) is 0. The molecule has 2 aromatic heterocycles. The lowest BCUT2D eigenvalue weighted by molar-refractivity contribution is 0.676. The Morgan fingerprint density at radius 3 is 2.25 bits per heavy atom. The van der Waals surface area contributed by atoms with Crippen LogP contribution < -0.4 is 0 Å². The third kappa shape index (κ3) is 2.65. The number of nitrogens with zero attached hydrogens (tertiary/aromatic N) is 3. The minimum Gasteiger partial charge on any atom is -0.356 e. The fourth-order valence-corrected chi connectivity index (χ4v) is 3.25. The normalized spacial score (nSPS) is 12.2. The molecule has 0 fully saturated rings. The SMILES string of the molecule is Cn1cc(-c2ccccc2)c([C@H](c2ccccc2)n2ccnc2)c1. The van der Waals surface area contributed by atoms with E-state index in [0.29, 0.717) is 0 Å². The van der Waals surface area contributed by atoms with E-state index in [2.05, 4.69) is 94.2 Å². The van der Waals surface area contributed by atoms with E-state index in [1.165, 1.54) is 22.3 Å². The Morgan fingerprint density at radius 1 is 0.875 bits per heavy atom. The third-order valence-electron chi connectivity index (χ3n) is 4.30. The Bertz CT molecular complexity index is 906. The van der Waals surface area contributed by atoms with Gasteiger partial charge in [-0.2, -0.15) is 0 Å². The van der Waals surface area contributed by atoms with Gasteiger partial charge in [-0.05, 0) is 11.1 Å². The Morgan fingerprint density at radius 2 is 1.58 bits per heavy atom. The number of aromatic nitrogens is 3. The van der Waals surface area contributed by atoms with Gasteiger partial charge in [0.05, 0.1) is 12.4 Å². The fraction of sp³-hybridized carbons (Fsp3) is 0.0952. The van der Waals surface area contributed by atoms with Crippen LogP contribution >= 0.6 is 0 Å². The predicted octanol–water partition coefficient (Wildman–Crippen LogP) is 4.53. The highest BCUT2D eigenvalue weighted by Crippen LogP contribution is 2.35. The number of imidazole rings is 1. The van der Waals surface area contributed by atoms with E-state index in [9.17, 15) is 0 Å². The molecule has 0 aliphatic carbocycles. The maximum atomic E-state index is 4.26. The maximum Gasteiger partial charge on any atom is 0.0954 e. The quantitative estimate of drug-likeness (QED) is 0.543. The van der Waals surface area contributed by atoms with Crippen molar-refractivity contribution in [2.24, 2.45) is 7.05 Å².